The van der Waals surface area contributed by atoms with Crippen LogP contribution < -0.4 is 4.74 Å². The monoisotopic (exact) mass is 176 g/mol. The fraction of sp³-hybridized carbons (Fsp3) is 0. The van der Waals surface area contributed by atoms with Crippen LogP contribution >= 0.6 is 0 Å². The molecule has 0 N–H and O–H groups in total. The first-order valence-electron chi connectivity index (χ1n) is 2.90. The van der Waals surface area contributed by atoms with Crippen LogP contribution in [0.4, 0.5) is 13.2 Å². The van der Waals surface area contributed by atoms with Gasteiger partial charge in [0.2, 0.25) is 11.6 Å². The lowest BCUT2D eigenvalue weighted by Gasteiger charge is -2.00. The Morgan fingerprint density at radius 2 is 1.75 bits per heavy atom. The number of hydrogen-bond donors (Lipinski definition) is 0. The second-order valence-corrected chi connectivity index (χ2v) is 1.89. The number of carbonyl (C=O) groups excluding carboxylic acids is 1. The maximum Gasteiger partial charge on any atom is 0.298 e. The Balaban J connectivity index is 3.22. The summed E-state index contributed by atoms with van der Waals surface area (Å²) < 4.78 is 41.3. The van der Waals surface area contributed by atoms with Crippen molar-refractivity contribution in [1.29, 1.82) is 0 Å². The number of rotatable bonds is 2. The molecule has 0 unspecified atom stereocenters. The van der Waals surface area contributed by atoms with Gasteiger partial charge in [0.1, 0.15) is 0 Å². The first-order chi connectivity index (χ1) is 5.66. The normalized spacial score (nSPS) is 9.58. The maximum absolute atomic E-state index is 12.6. The van der Waals surface area contributed by atoms with Crippen molar-refractivity contribution in [3.05, 3.63) is 29.6 Å². The topological polar surface area (TPSA) is 26.3 Å². The molecule has 64 valence electrons. The molecule has 12 heavy (non-hydrogen) atoms. The SMILES string of the molecule is O=COc1c(F)ccc(F)c1F. The molecule has 0 bridgehead atoms. The van der Waals surface area contributed by atoms with Gasteiger partial charge in [0.15, 0.2) is 11.6 Å². The van der Waals surface area contributed by atoms with E-state index in [4.69, 9.17) is 0 Å². The van der Waals surface area contributed by atoms with Gasteiger partial charge in [-0.3, -0.25) is 4.79 Å². The van der Waals surface area contributed by atoms with E-state index in [1.807, 2.05) is 0 Å². The van der Waals surface area contributed by atoms with Gasteiger partial charge in [-0.05, 0) is 12.1 Å². The molecular formula is C7H3F3O2. The van der Waals surface area contributed by atoms with E-state index in [-0.39, 0.29) is 6.47 Å². The zero-order valence-electron chi connectivity index (χ0n) is 5.68. The Hall–Kier alpha value is -1.52. The number of benzene rings is 1. The van der Waals surface area contributed by atoms with Gasteiger partial charge in [-0.25, -0.2) is 8.78 Å². The lowest BCUT2D eigenvalue weighted by Crippen LogP contribution is -1.98. The number of carbonyl (C=O) groups is 1. The maximum atomic E-state index is 12.6. The van der Waals surface area contributed by atoms with Crippen LogP contribution in [0.1, 0.15) is 0 Å². The molecule has 0 heterocycles. The highest BCUT2D eigenvalue weighted by Gasteiger charge is 2.14. The summed E-state index contributed by atoms with van der Waals surface area (Å²) in [6, 6.07) is 1.26. The summed E-state index contributed by atoms with van der Waals surface area (Å²) in [6.07, 6.45) is 0. The van der Waals surface area contributed by atoms with E-state index < -0.39 is 23.2 Å². The van der Waals surface area contributed by atoms with Gasteiger partial charge in [0.25, 0.3) is 6.47 Å². The van der Waals surface area contributed by atoms with Crippen molar-refractivity contribution < 1.29 is 22.7 Å². The summed E-state index contributed by atoms with van der Waals surface area (Å²) in [7, 11) is 0. The summed E-state index contributed by atoms with van der Waals surface area (Å²) in [5.74, 6) is -4.93. The highest BCUT2D eigenvalue weighted by Crippen LogP contribution is 2.22. The number of ether oxygens (including phenoxy) is 1. The first kappa shape index (κ1) is 8.58. The fourth-order valence-corrected chi connectivity index (χ4v) is 0.665. The molecule has 0 amide bonds. The van der Waals surface area contributed by atoms with Gasteiger partial charge < -0.3 is 4.74 Å². The molecule has 1 aromatic carbocycles. The molecule has 0 aliphatic heterocycles. The molecule has 0 saturated heterocycles. The summed E-state index contributed by atoms with van der Waals surface area (Å²) in [4.78, 5) is 9.71. The zero-order chi connectivity index (χ0) is 9.14. The van der Waals surface area contributed by atoms with Crippen LogP contribution in [0, 0.1) is 17.5 Å². The highest BCUT2D eigenvalue weighted by atomic mass is 19.2. The highest BCUT2D eigenvalue weighted by molar-refractivity contribution is 5.45. The van der Waals surface area contributed by atoms with Crippen molar-refractivity contribution in [3.8, 4) is 5.75 Å². The number of hydrogen-bond acceptors (Lipinski definition) is 2. The smallest absolute Gasteiger partial charge is 0.298 e. The standard InChI is InChI=1S/C7H3F3O2/c8-4-1-2-5(9)7(6(4)10)12-3-11/h1-3H. The summed E-state index contributed by atoms with van der Waals surface area (Å²) in [5, 5.41) is 0. The minimum atomic E-state index is -1.51. The fourth-order valence-electron chi connectivity index (χ4n) is 0.665. The minimum absolute atomic E-state index is 0.180. The first-order valence-corrected chi connectivity index (χ1v) is 2.90. The third-order valence-electron chi connectivity index (χ3n) is 1.17. The Labute approximate surface area is 65.6 Å². The molecule has 0 atom stereocenters. The second-order valence-electron chi connectivity index (χ2n) is 1.89. The minimum Gasteiger partial charge on any atom is -0.422 e. The van der Waals surface area contributed by atoms with Crippen LogP contribution in [0.15, 0.2) is 12.1 Å². The molecule has 1 aromatic rings. The van der Waals surface area contributed by atoms with Crippen molar-refractivity contribution >= 4 is 6.47 Å². The lowest BCUT2D eigenvalue weighted by molar-refractivity contribution is -0.121. The van der Waals surface area contributed by atoms with Crippen LogP contribution in [0.3, 0.4) is 0 Å². The van der Waals surface area contributed by atoms with E-state index >= 15 is 0 Å². The van der Waals surface area contributed by atoms with E-state index in [0.29, 0.717) is 12.1 Å². The van der Waals surface area contributed by atoms with Crippen LogP contribution in [-0.2, 0) is 4.79 Å². The molecular weight excluding hydrogens is 173 g/mol. The average molecular weight is 176 g/mol. The Kier molecular flexibility index (Phi) is 2.32. The van der Waals surface area contributed by atoms with Crippen molar-refractivity contribution in [2.24, 2.45) is 0 Å². The van der Waals surface area contributed by atoms with Gasteiger partial charge >= 0.3 is 0 Å². The van der Waals surface area contributed by atoms with Gasteiger partial charge in [-0.2, -0.15) is 4.39 Å². The predicted octanol–water partition coefficient (Wildman–Crippen LogP) is 1.64. The quantitative estimate of drug-likeness (QED) is 0.505. The summed E-state index contributed by atoms with van der Waals surface area (Å²) in [6.45, 7) is -0.180. The van der Waals surface area contributed by atoms with Crippen LogP contribution in [0.2, 0.25) is 0 Å². The van der Waals surface area contributed by atoms with Crippen molar-refractivity contribution in [2.75, 3.05) is 0 Å². The van der Waals surface area contributed by atoms with Crippen molar-refractivity contribution in [1.82, 2.24) is 0 Å². The molecule has 1 rings (SSSR count). The largest absolute Gasteiger partial charge is 0.422 e. The molecule has 0 radical (unpaired) electrons. The van der Waals surface area contributed by atoms with E-state index in [0.717, 1.165) is 0 Å². The van der Waals surface area contributed by atoms with E-state index in [9.17, 15) is 18.0 Å². The Bertz CT molecular complexity index is 312. The Morgan fingerprint density at radius 3 is 2.33 bits per heavy atom. The third kappa shape index (κ3) is 1.39. The molecule has 0 aliphatic carbocycles. The van der Waals surface area contributed by atoms with Gasteiger partial charge in [-0.15, -0.1) is 0 Å². The third-order valence-corrected chi connectivity index (χ3v) is 1.17. The van der Waals surface area contributed by atoms with Gasteiger partial charge in [0.05, 0.1) is 0 Å². The molecule has 0 saturated carbocycles. The van der Waals surface area contributed by atoms with Crippen LogP contribution in [-0.4, -0.2) is 6.47 Å². The predicted molar refractivity (Wildman–Crippen MR) is 33.0 cm³/mol. The molecule has 0 aromatic heterocycles. The summed E-state index contributed by atoms with van der Waals surface area (Å²) >= 11 is 0. The summed E-state index contributed by atoms with van der Waals surface area (Å²) in [5.41, 5.74) is 0. The van der Waals surface area contributed by atoms with Crippen molar-refractivity contribution in [2.45, 2.75) is 0 Å². The molecule has 5 heteroatoms. The number of halogens is 3. The van der Waals surface area contributed by atoms with Crippen molar-refractivity contribution in [3.63, 3.8) is 0 Å². The molecule has 0 fully saturated rings. The molecule has 2 nitrogen and oxygen atoms in total. The van der Waals surface area contributed by atoms with Crippen LogP contribution in [0.25, 0.3) is 0 Å². The van der Waals surface area contributed by atoms with Gasteiger partial charge in [0, 0.05) is 0 Å². The molecule has 0 aliphatic rings. The average Bonchev–Trinajstić information content (AvgIpc) is 2.06. The zero-order valence-corrected chi connectivity index (χ0v) is 5.68. The van der Waals surface area contributed by atoms with Gasteiger partial charge in [-0.1, -0.05) is 0 Å². The second kappa shape index (κ2) is 3.25. The van der Waals surface area contributed by atoms with E-state index in [1.165, 1.54) is 0 Å². The van der Waals surface area contributed by atoms with E-state index in [2.05, 4.69) is 4.74 Å². The lowest BCUT2D eigenvalue weighted by atomic mass is 10.3. The van der Waals surface area contributed by atoms with Crippen LogP contribution in [0.5, 0.6) is 5.75 Å². The van der Waals surface area contributed by atoms with E-state index in [1.54, 1.807) is 0 Å². The Morgan fingerprint density at radius 1 is 1.17 bits per heavy atom. The molecule has 0 spiro atoms.